The standard InChI is InChI=1S/C71H66N4.Pt/c1-2-22-49(21-1)57-35-19-36-58(50-23-3-4-24-50)69(57)53-29-17-31-55(45-53)72-47-74(67-43-15-13-41-65(67)72)71(63-39-11-9-33-61(63)62-34-10-12-40-64(62)71)75-48-73(66-42-14-16-44-68(66)75)56-32-18-30-54(46-56)70-59(51-25-5-6-26-51)37-20-38-60(70)52-27-7-8-28-52;/h9-20,29-30,33-52H,1-8,21-28H2;/q-4;+4. The fraction of sp³-hybridized carbons (Fsp3) is 0.296. The summed E-state index contributed by atoms with van der Waals surface area (Å²) in [5.41, 5.74) is 22.8. The van der Waals surface area contributed by atoms with E-state index in [1.807, 2.05) is 0 Å². The topological polar surface area (TPSA) is 13.0 Å². The van der Waals surface area contributed by atoms with Gasteiger partial charge in [0.05, 0.1) is 0 Å². The molecule has 15 rings (SSSR count). The number of rotatable bonds is 10. The molecule has 0 radical (unpaired) electrons. The van der Waals surface area contributed by atoms with Gasteiger partial charge in [-0.2, -0.15) is 36.4 Å². The molecule has 2 aliphatic heterocycles. The second kappa shape index (κ2) is 19.9. The summed E-state index contributed by atoms with van der Waals surface area (Å²) in [6.07, 6.45) is 20.9. The molecule has 0 atom stereocenters. The number of benzene rings is 8. The Hall–Kier alpha value is -6.35. The zero-order valence-corrected chi connectivity index (χ0v) is 45.8. The second-order valence-electron chi connectivity index (χ2n) is 22.9. The zero-order valence-electron chi connectivity index (χ0n) is 43.5. The van der Waals surface area contributed by atoms with Gasteiger partial charge in [0.25, 0.3) is 0 Å². The quantitative estimate of drug-likeness (QED) is 0.127. The number of fused-ring (bicyclic) bond motifs is 5. The molecule has 380 valence electrons. The van der Waals surface area contributed by atoms with Crippen LogP contribution in [-0.4, -0.2) is 0 Å². The van der Waals surface area contributed by atoms with Crippen molar-refractivity contribution >= 4 is 34.1 Å². The van der Waals surface area contributed by atoms with Gasteiger partial charge in [-0.15, -0.1) is 48.0 Å². The van der Waals surface area contributed by atoms with E-state index < -0.39 is 5.66 Å². The van der Waals surface area contributed by atoms with Gasteiger partial charge in [-0.3, -0.25) is 0 Å². The molecular weight excluding hydrogens is 1100 g/mol. The van der Waals surface area contributed by atoms with E-state index in [2.05, 4.69) is 215 Å². The molecule has 2 heterocycles. The van der Waals surface area contributed by atoms with Crippen molar-refractivity contribution in [1.82, 2.24) is 0 Å². The van der Waals surface area contributed by atoms with Gasteiger partial charge in [0.2, 0.25) is 0 Å². The Morgan fingerprint density at radius 2 is 0.697 bits per heavy atom. The van der Waals surface area contributed by atoms with Crippen molar-refractivity contribution in [2.45, 2.75) is 132 Å². The molecular formula is C71H66N4Pt. The largest absolute Gasteiger partial charge is 4.00 e. The number of hydrogen-bond acceptors (Lipinski definition) is 4. The second-order valence-corrected chi connectivity index (χ2v) is 22.9. The first-order valence-corrected chi connectivity index (χ1v) is 28.8. The molecule has 5 heteroatoms. The summed E-state index contributed by atoms with van der Waals surface area (Å²) in [6, 6.07) is 72.6. The van der Waals surface area contributed by atoms with Crippen molar-refractivity contribution in [1.29, 1.82) is 0 Å². The minimum atomic E-state index is -0.826. The van der Waals surface area contributed by atoms with E-state index in [9.17, 15) is 0 Å². The van der Waals surface area contributed by atoms with Crippen LogP contribution < -0.4 is 19.6 Å². The van der Waals surface area contributed by atoms with Crippen molar-refractivity contribution in [2.75, 3.05) is 19.6 Å². The molecule has 0 saturated heterocycles. The van der Waals surface area contributed by atoms with Crippen LogP contribution in [0.1, 0.15) is 160 Å². The number of nitrogens with zero attached hydrogens (tertiary/aromatic N) is 4. The predicted molar refractivity (Wildman–Crippen MR) is 310 cm³/mol. The van der Waals surface area contributed by atoms with Crippen molar-refractivity contribution in [3.63, 3.8) is 0 Å². The Morgan fingerprint density at radius 3 is 1.07 bits per heavy atom. The van der Waals surface area contributed by atoms with Gasteiger partial charge in [-0.25, -0.2) is 0 Å². The SMILES string of the molecule is [Pt+4].[c-]1ccc(-c2c(C3CCCC3)cccc2C2CCCC2)cc1N1[CH-]N(C2(N3[CH-]N(c4[c-]ccc(-c5c(C6CCCC6)cccc5C5CCCC5)c4)c4ccccc43)c3ccccc3-c3ccccc32)c2ccccc21. The Labute approximate surface area is 466 Å². The normalized spacial score (nSPS) is 19.1. The maximum Gasteiger partial charge on any atom is 4.00 e. The molecule has 5 aliphatic carbocycles. The molecule has 0 N–H and O–H groups in total. The third-order valence-corrected chi connectivity index (χ3v) is 19.0. The smallest absolute Gasteiger partial charge is 0.494 e. The fourth-order valence-electron chi connectivity index (χ4n) is 15.6. The molecule has 0 bridgehead atoms. The van der Waals surface area contributed by atoms with E-state index in [4.69, 9.17) is 0 Å². The van der Waals surface area contributed by atoms with Crippen molar-refractivity contribution in [3.05, 3.63) is 229 Å². The van der Waals surface area contributed by atoms with Crippen LogP contribution in [0.25, 0.3) is 33.4 Å². The van der Waals surface area contributed by atoms with Gasteiger partial charge in [0.15, 0.2) is 0 Å². The molecule has 4 saturated carbocycles. The van der Waals surface area contributed by atoms with Crippen molar-refractivity contribution in [3.8, 4) is 33.4 Å². The summed E-state index contributed by atoms with van der Waals surface area (Å²) in [5, 5.41) is 0. The van der Waals surface area contributed by atoms with Gasteiger partial charge in [-0.1, -0.05) is 161 Å². The minimum Gasteiger partial charge on any atom is -0.494 e. The Kier molecular flexibility index (Phi) is 12.6. The first-order chi connectivity index (χ1) is 37.2. The molecule has 8 aromatic carbocycles. The number of hydrogen-bond donors (Lipinski definition) is 0. The molecule has 0 amide bonds. The third kappa shape index (κ3) is 7.69. The van der Waals surface area contributed by atoms with Crippen LogP contribution in [0.15, 0.2) is 170 Å². The van der Waals surface area contributed by atoms with E-state index >= 15 is 0 Å². The predicted octanol–water partition coefficient (Wildman–Crippen LogP) is 19.0. The Morgan fingerprint density at radius 1 is 0.368 bits per heavy atom. The molecule has 7 aliphatic rings. The van der Waals surface area contributed by atoms with Crippen LogP contribution in [-0.2, 0) is 26.7 Å². The molecule has 76 heavy (non-hydrogen) atoms. The summed E-state index contributed by atoms with van der Waals surface area (Å²) in [6.45, 7) is 4.80. The molecule has 8 aromatic rings. The molecule has 4 nitrogen and oxygen atoms in total. The maximum atomic E-state index is 3.81. The summed E-state index contributed by atoms with van der Waals surface area (Å²) < 4.78 is 0. The van der Waals surface area contributed by atoms with Crippen LogP contribution in [0, 0.1) is 25.5 Å². The minimum absolute atomic E-state index is 0. The fourth-order valence-corrected chi connectivity index (χ4v) is 15.6. The van der Waals surface area contributed by atoms with E-state index in [1.165, 1.54) is 147 Å². The van der Waals surface area contributed by atoms with Gasteiger partial charge in [0.1, 0.15) is 5.66 Å². The molecule has 0 unspecified atom stereocenters. The summed E-state index contributed by atoms with van der Waals surface area (Å²) in [7, 11) is 0. The Bertz CT molecular complexity index is 3150. The first kappa shape index (κ1) is 48.1. The molecule has 4 fully saturated rings. The monoisotopic (exact) mass is 1170 g/mol. The third-order valence-electron chi connectivity index (χ3n) is 19.0. The van der Waals surface area contributed by atoms with E-state index in [1.54, 1.807) is 22.3 Å². The average Bonchev–Trinajstić information content (AvgIpc) is 4.51. The summed E-state index contributed by atoms with van der Waals surface area (Å²) in [5.74, 6) is 2.47. The van der Waals surface area contributed by atoms with Crippen molar-refractivity contribution in [2.24, 2.45) is 0 Å². The zero-order chi connectivity index (χ0) is 49.5. The average molecular weight is 1170 g/mol. The molecule has 0 aromatic heterocycles. The van der Waals surface area contributed by atoms with Crippen LogP contribution >= 0.6 is 0 Å². The van der Waals surface area contributed by atoms with E-state index in [-0.39, 0.29) is 21.1 Å². The van der Waals surface area contributed by atoms with Gasteiger partial charge in [-0.05, 0) is 144 Å². The van der Waals surface area contributed by atoms with Gasteiger partial charge in [0, 0.05) is 33.9 Å². The van der Waals surface area contributed by atoms with Crippen molar-refractivity contribution < 1.29 is 21.1 Å². The van der Waals surface area contributed by atoms with E-state index in [0.29, 0.717) is 23.7 Å². The summed E-state index contributed by atoms with van der Waals surface area (Å²) >= 11 is 0. The first-order valence-electron chi connectivity index (χ1n) is 28.8. The summed E-state index contributed by atoms with van der Waals surface area (Å²) in [4.78, 5) is 10.0. The van der Waals surface area contributed by atoms with Crippen LogP contribution in [0.2, 0.25) is 0 Å². The molecule has 0 spiro atoms. The van der Waals surface area contributed by atoms with Crippen LogP contribution in [0.4, 0.5) is 34.1 Å². The Balaban J connectivity index is 0.00000528. The van der Waals surface area contributed by atoms with Gasteiger partial charge >= 0.3 is 21.1 Å². The van der Waals surface area contributed by atoms with Crippen LogP contribution in [0.3, 0.4) is 0 Å². The van der Waals surface area contributed by atoms with Crippen LogP contribution in [0.5, 0.6) is 0 Å². The number of anilines is 6. The maximum absolute atomic E-state index is 3.81. The van der Waals surface area contributed by atoms with Gasteiger partial charge < -0.3 is 19.6 Å². The number of para-hydroxylation sites is 4. The van der Waals surface area contributed by atoms with E-state index in [0.717, 1.165) is 34.1 Å².